The first-order chi connectivity index (χ1) is 19.0. The van der Waals surface area contributed by atoms with Crippen molar-refractivity contribution in [2.75, 3.05) is 19.5 Å². The Balaban J connectivity index is 1.48. The minimum atomic E-state index is -4.77. The molecule has 0 spiro atoms. The topological polar surface area (TPSA) is 95.6 Å². The molecule has 4 heterocycles. The molecule has 0 saturated carbocycles. The van der Waals surface area contributed by atoms with Crippen molar-refractivity contribution >= 4 is 40.2 Å². The van der Waals surface area contributed by atoms with E-state index in [4.69, 9.17) is 21.1 Å². The fraction of sp³-hybridized carbons (Fsp3) is 0.231. The predicted octanol–water partition coefficient (Wildman–Crippen LogP) is 6.26. The van der Waals surface area contributed by atoms with Gasteiger partial charge in [-0.15, -0.1) is 11.3 Å². The first-order valence-corrected chi connectivity index (χ1v) is 13.0. The van der Waals surface area contributed by atoms with Crippen LogP contribution in [-0.4, -0.2) is 44.5 Å². The number of aromatic nitrogens is 5. The molecule has 14 heteroatoms. The second-order valence-electron chi connectivity index (χ2n) is 8.75. The number of nitrogens with zero attached hydrogens (tertiary/aromatic N) is 5. The van der Waals surface area contributed by atoms with E-state index in [1.807, 2.05) is 12.1 Å². The number of hydrogen-bond donors (Lipinski definition) is 1. The van der Waals surface area contributed by atoms with Gasteiger partial charge in [-0.2, -0.15) is 23.4 Å². The summed E-state index contributed by atoms with van der Waals surface area (Å²) >= 11 is 7.64. The Hall–Kier alpha value is -4.10. The summed E-state index contributed by atoms with van der Waals surface area (Å²) in [5, 5.41) is 12.6. The number of carbonyl (C=O) groups is 1. The van der Waals surface area contributed by atoms with Crippen LogP contribution in [0.3, 0.4) is 0 Å². The van der Waals surface area contributed by atoms with Gasteiger partial charge in [-0.1, -0.05) is 23.7 Å². The summed E-state index contributed by atoms with van der Waals surface area (Å²) in [6.07, 6.45) is -4.77. The Labute approximate surface area is 235 Å². The highest BCUT2D eigenvalue weighted by molar-refractivity contribution is 7.13. The van der Waals surface area contributed by atoms with Gasteiger partial charge in [-0.3, -0.25) is 9.48 Å². The zero-order chi connectivity index (χ0) is 28.8. The van der Waals surface area contributed by atoms with Crippen LogP contribution in [0, 0.1) is 13.8 Å². The quantitative estimate of drug-likeness (QED) is 0.240. The molecule has 5 aromatic rings. The summed E-state index contributed by atoms with van der Waals surface area (Å²) in [5.74, 6) is 0.353. The van der Waals surface area contributed by atoms with E-state index in [2.05, 4.69) is 20.5 Å². The second-order valence-corrected chi connectivity index (χ2v) is 10.1. The molecule has 1 amide bonds. The van der Waals surface area contributed by atoms with Crippen LogP contribution in [0.15, 0.2) is 41.8 Å². The molecule has 0 aliphatic rings. The molecule has 0 atom stereocenters. The number of nitrogens with one attached hydrogen (secondary N) is 1. The predicted molar refractivity (Wildman–Crippen MR) is 145 cm³/mol. The summed E-state index contributed by atoms with van der Waals surface area (Å²) in [6, 6.07) is 9.69. The molecule has 0 radical (unpaired) electrons. The lowest BCUT2D eigenvalue weighted by atomic mass is 10.2. The van der Waals surface area contributed by atoms with Gasteiger partial charge in [0.1, 0.15) is 5.02 Å². The van der Waals surface area contributed by atoms with Crippen molar-refractivity contribution in [1.82, 2.24) is 24.4 Å². The molecule has 4 aromatic heterocycles. The van der Waals surface area contributed by atoms with Crippen LogP contribution in [0.1, 0.15) is 33.1 Å². The van der Waals surface area contributed by atoms with Gasteiger partial charge in [-0.25, -0.2) is 9.50 Å². The van der Waals surface area contributed by atoms with E-state index in [1.165, 1.54) is 11.3 Å². The van der Waals surface area contributed by atoms with Gasteiger partial charge < -0.3 is 14.8 Å². The summed E-state index contributed by atoms with van der Waals surface area (Å²) in [4.78, 5) is 18.1. The smallest absolute Gasteiger partial charge is 0.433 e. The fourth-order valence-corrected chi connectivity index (χ4v) is 5.18. The first kappa shape index (κ1) is 27.5. The average Bonchev–Trinajstić information content (AvgIpc) is 3.63. The largest absolute Gasteiger partial charge is 0.493 e. The van der Waals surface area contributed by atoms with E-state index in [0.29, 0.717) is 44.5 Å². The summed E-state index contributed by atoms with van der Waals surface area (Å²) in [7, 11) is 3.09. The van der Waals surface area contributed by atoms with Crippen LogP contribution >= 0.6 is 22.9 Å². The van der Waals surface area contributed by atoms with Crippen molar-refractivity contribution in [3.63, 3.8) is 0 Å². The highest BCUT2D eigenvalue weighted by atomic mass is 35.5. The van der Waals surface area contributed by atoms with E-state index < -0.39 is 23.5 Å². The Morgan fingerprint density at radius 1 is 1.10 bits per heavy atom. The Morgan fingerprint density at radius 2 is 1.85 bits per heavy atom. The molecular formula is C26H22ClF3N6O3S. The highest BCUT2D eigenvalue weighted by Gasteiger charge is 2.37. The van der Waals surface area contributed by atoms with Crippen LogP contribution in [0.5, 0.6) is 11.5 Å². The van der Waals surface area contributed by atoms with Gasteiger partial charge in [0, 0.05) is 0 Å². The first-order valence-electron chi connectivity index (χ1n) is 11.8. The number of alkyl halides is 3. The number of halogens is 4. The maximum Gasteiger partial charge on any atom is 0.433 e. The summed E-state index contributed by atoms with van der Waals surface area (Å²) in [6.45, 7) is 3.83. The van der Waals surface area contributed by atoms with Crippen molar-refractivity contribution in [3.8, 4) is 22.1 Å². The number of ether oxygens (including phenoxy) is 2. The number of benzene rings is 1. The van der Waals surface area contributed by atoms with Gasteiger partial charge in [-0.05, 0) is 49.1 Å². The van der Waals surface area contributed by atoms with Crippen molar-refractivity contribution in [2.45, 2.75) is 26.6 Å². The molecule has 1 aromatic carbocycles. The SMILES string of the molecule is COc1ccc(Cn2nc(C)c(NC(=O)c3nn4c(C(F)(F)F)cc(-c5cccs5)nc4c3Cl)c2C)cc1OC. The molecule has 9 nitrogen and oxygen atoms in total. The lowest BCUT2D eigenvalue weighted by Gasteiger charge is -2.11. The van der Waals surface area contributed by atoms with Crippen LogP contribution in [0.2, 0.25) is 5.02 Å². The number of rotatable bonds is 7. The third-order valence-corrected chi connectivity index (χ3v) is 7.45. The molecule has 0 unspecified atom stereocenters. The average molecular weight is 591 g/mol. The minimum absolute atomic E-state index is 0.0757. The molecule has 0 saturated heterocycles. The number of amides is 1. The maximum atomic E-state index is 14.0. The molecule has 1 N–H and O–H groups in total. The van der Waals surface area contributed by atoms with Crippen LogP contribution in [-0.2, 0) is 12.7 Å². The molecule has 0 fully saturated rings. The molecule has 0 bridgehead atoms. The van der Waals surface area contributed by atoms with Gasteiger partial charge in [0.2, 0.25) is 0 Å². The van der Waals surface area contributed by atoms with Gasteiger partial charge in [0.05, 0.1) is 48.4 Å². The monoisotopic (exact) mass is 590 g/mol. The third kappa shape index (κ3) is 4.97. The van der Waals surface area contributed by atoms with E-state index >= 15 is 0 Å². The van der Waals surface area contributed by atoms with Crippen LogP contribution < -0.4 is 14.8 Å². The van der Waals surface area contributed by atoms with E-state index in [0.717, 1.165) is 11.6 Å². The van der Waals surface area contributed by atoms with Crippen LogP contribution in [0.25, 0.3) is 16.2 Å². The van der Waals surface area contributed by atoms with Crippen molar-refractivity contribution in [3.05, 3.63) is 75.1 Å². The molecule has 0 aliphatic heterocycles. The number of fused-ring (bicyclic) bond motifs is 1. The minimum Gasteiger partial charge on any atom is -0.493 e. The Kier molecular flexibility index (Phi) is 7.19. The van der Waals surface area contributed by atoms with Crippen molar-refractivity contribution in [2.24, 2.45) is 0 Å². The number of thiophene rings is 1. The van der Waals surface area contributed by atoms with E-state index in [1.54, 1.807) is 56.3 Å². The van der Waals surface area contributed by atoms with Gasteiger partial charge >= 0.3 is 6.18 Å². The summed E-state index contributed by atoms with van der Waals surface area (Å²) in [5.41, 5.74) is 0.689. The van der Waals surface area contributed by atoms with Crippen LogP contribution in [0.4, 0.5) is 18.9 Å². The Bertz CT molecular complexity index is 1730. The normalized spacial score (nSPS) is 11.7. The zero-order valence-electron chi connectivity index (χ0n) is 21.6. The van der Waals surface area contributed by atoms with E-state index in [-0.39, 0.29) is 16.4 Å². The molecule has 40 heavy (non-hydrogen) atoms. The van der Waals surface area contributed by atoms with Crippen molar-refractivity contribution < 1.29 is 27.4 Å². The Morgan fingerprint density at radius 3 is 2.50 bits per heavy atom. The van der Waals surface area contributed by atoms with Gasteiger partial charge in [0.15, 0.2) is 28.5 Å². The molecule has 208 valence electrons. The highest BCUT2D eigenvalue weighted by Crippen LogP contribution is 2.36. The maximum absolute atomic E-state index is 14.0. The number of carbonyl (C=O) groups excluding carboxylic acids is 1. The van der Waals surface area contributed by atoms with Gasteiger partial charge in [0.25, 0.3) is 5.91 Å². The third-order valence-electron chi connectivity index (χ3n) is 6.21. The second kappa shape index (κ2) is 10.5. The standard InChI is InChI=1S/C26H22ClF3N6O3S/c1-13-22(14(2)35(33-13)12-15-7-8-17(38-3)18(10-15)39-4)32-25(37)23-21(27)24-31-16(19-6-5-9-40-19)11-20(26(28,29)30)36(24)34-23/h5-11H,12H2,1-4H3,(H,32,37). The molecule has 0 aliphatic carbocycles. The lowest BCUT2D eigenvalue weighted by Crippen LogP contribution is -2.16. The molecule has 5 rings (SSSR count). The fourth-order valence-electron chi connectivity index (χ4n) is 4.25. The molecular weight excluding hydrogens is 569 g/mol. The zero-order valence-corrected chi connectivity index (χ0v) is 23.2. The lowest BCUT2D eigenvalue weighted by molar-refractivity contribution is -0.142. The van der Waals surface area contributed by atoms with Crippen molar-refractivity contribution in [1.29, 1.82) is 0 Å². The number of methoxy groups -OCH3 is 2. The number of anilines is 1. The summed E-state index contributed by atoms with van der Waals surface area (Å²) < 4.78 is 54.7. The number of hydrogen-bond acceptors (Lipinski definition) is 7. The number of aryl methyl sites for hydroxylation is 1. The van der Waals surface area contributed by atoms with E-state index in [9.17, 15) is 18.0 Å².